The summed E-state index contributed by atoms with van der Waals surface area (Å²) in [4.78, 5) is 52.8. The van der Waals surface area contributed by atoms with Crippen LogP contribution in [0.4, 0.5) is 15.3 Å². The fourth-order valence-electron chi connectivity index (χ4n) is 7.57. The van der Waals surface area contributed by atoms with Crippen molar-refractivity contribution in [1.29, 1.82) is 0 Å². The van der Waals surface area contributed by atoms with Gasteiger partial charge in [0.1, 0.15) is 12.0 Å². The predicted octanol–water partition coefficient (Wildman–Crippen LogP) is 6.11. The molecular formula is C46H74N6O8. The minimum Gasteiger partial charge on any atom is -0.465 e. The number of piperidine rings is 2. The van der Waals surface area contributed by atoms with Gasteiger partial charge in [0, 0.05) is 51.1 Å². The number of nitrogens with one attached hydrogen (secondary N) is 2. The third-order valence-electron chi connectivity index (χ3n) is 11.2. The molecule has 4 atom stereocenters. The highest BCUT2D eigenvalue weighted by Crippen LogP contribution is 2.26. The molecule has 0 saturated carbocycles. The van der Waals surface area contributed by atoms with E-state index in [0.29, 0.717) is 57.5 Å². The van der Waals surface area contributed by atoms with Crippen LogP contribution in [0.15, 0.2) is 48.5 Å². The van der Waals surface area contributed by atoms with Gasteiger partial charge in [-0.2, -0.15) is 0 Å². The van der Waals surface area contributed by atoms with E-state index in [0.717, 1.165) is 35.4 Å². The van der Waals surface area contributed by atoms with Gasteiger partial charge in [-0.25, -0.2) is 9.59 Å². The molecule has 0 radical (unpaired) electrons. The molecule has 60 heavy (non-hydrogen) atoms. The Hall–Kier alpha value is -4.24. The van der Waals surface area contributed by atoms with Crippen LogP contribution in [-0.2, 0) is 27.2 Å². The average Bonchev–Trinajstić information content (AvgIpc) is 3.40. The number of benzene rings is 2. The van der Waals surface area contributed by atoms with Crippen LogP contribution in [0, 0.1) is 5.92 Å². The van der Waals surface area contributed by atoms with Crippen LogP contribution in [0.1, 0.15) is 109 Å². The third-order valence-corrected chi connectivity index (χ3v) is 11.2. The van der Waals surface area contributed by atoms with Gasteiger partial charge < -0.3 is 55.5 Å². The normalized spacial score (nSPS) is 21.4. The Morgan fingerprint density at radius 3 is 2.18 bits per heavy atom. The molecular weight excluding hydrogens is 765 g/mol. The molecule has 4 aliphatic heterocycles. The first-order chi connectivity index (χ1) is 28.8. The summed E-state index contributed by atoms with van der Waals surface area (Å²) in [5.41, 5.74) is 7.30. The number of aliphatic hydroxyl groups is 2. The molecule has 6 N–H and O–H groups in total. The van der Waals surface area contributed by atoms with E-state index >= 15 is 0 Å². The van der Waals surface area contributed by atoms with Gasteiger partial charge in [-0.15, -0.1) is 0 Å². The number of aldehydes is 1. The lowest BCUT2D eigenvalue weighted by Crippen LogP contribution is -2.53. The van der Waals surface area contributed by atoms with E-state index in [4.69, 9.17) is 9.47 Å². The molecule has 14 heteroatoms. The van der Waals surface area contributed by atoms with E-state index in [-0.39, 0.29) is 30.6 Å². The van der Waals surface area contributed by atoms with Crippen molar-refractivity contribution in [3.05, 3.63) is 59.7 Å². The van der Waals surface area contributed by atoms with E-state index in [9.17, 15) is 29.4 Å². The number of hydrogen-bond acceptors (Lipinski definition) is 9. The zero-order valence-electron chi connectivity index (χ0n) is 36.9. The van der Waals surface area contributed by atoms with Gasteiger partial charge in [-0.1, -0.05) is 83.2 Å². The Balaban J connectivity index is 0.000000417. The maximum absolute atomic E-state index is 13.0. The minimum atomic E-state index is -0.691. The third kappa shape index (κ3) is 18.6. The molecule has 5 amide bonds. The van der Waals surface area contributed by atoms with Crippen molar-refractivity contribution in [3.8, 4) is 5.75 Å². The SMILES string of the molecule is CC(N)=O.CC1CCN(C)CC1.CCCCCCC.O=C[C@@H](Cc1ccc(OC2CC(O)CC(CO)O2)cc1)NC(=O)N1CCC(N2CCc3ccccc3NC2=O)CC1. The van der Waals surface area contributed by atoms with E-state index in [1.165, 1.54) is 65.0 Å². The number of urea groups is 2. The van der Waals surface area contributed by atoms with Crippen molar-refractivity contribution >= 4 is 29.9 Å². The van der Waals surface area contributed by atoms with Gasteiger partial charge in [0.2, 0.25) is 12.2 Å². The Morgan fingerprint density at radius 1 is 0.967 bits per heavy atom. The Labute approximate surface area is 358 Å². The second kappa shape index (κ2) is 27.6. The summed E-state index contributed by atoms with van der Waals surface area (Å²) < 4.78 is 11.4. The first-order valence-electron chi connectivity index (χ1n) is 22.2. The highest BCUT2D eigenvalue weighted by Gasteiger charge is 2.32. The molecule has 0 aliphatic carbocycles. The summed E-state index contributed by atoms with van der Waals surface area (Å²) >= 11 is 0. The molecule has 336 valence electrons. The van der Waals surface area contributed by atoms with Gasteiger partial charge in [-0.3, -0.25) is 4.79 Å². The minimum absolute atomic E-state index is 0.0489. The number of amides is 5. The number of aliphatic hydroxyl groups excluding tert-OH is 2. The zero-order chi connectivity index (χ0) is 43.9. The van der Waals surface area contributed by atoms with E-state index in [1.807, 2.05) is 41.3 Å². The number of rotatable bonds is 12. The Kier molecular flexibility index (Phi) is 23.0. The first kappa shape index (κ1) is 50.1. The van der Waals surface area contributed by atoms with Crippen LogP contribution < -0.4 is 21.1 Å². The van der Waals surface area contributed by atoms with Crippen molar-refractivity contribution in [2.24, 2.45) is 11.7 Å². The van der Waals surface area contributed by atoms with E-state index in [2.05, 4.69) is 49.1 Å². The number of fused-ring (bicyclic) bond motifs is 1. The van der Waals surface area contributed by atoms with Crippen molar-refractivity contribution in [2.75, 3.05) is 51.7 Å². The zero-order valence-corrected chi connectivity index (χ0v) is 36.9. The van der Waals surface area contributed by atoms with Gasteiger partial charge in [0.25, 0.3) is 0 Å². The number of nitrogens with zero attached hydrogens (tertiary/aromatic N) is 3. The molecule has 6 rings (SSSR count). The molecule has 0 aromatic heterocycles. The summed E-state index contributed by atoms with van der Waals surface area (Å²) in [5.74, 6) is 1.19. The number of ether oxygens (including phenoxy) is 2. The maximum atomic E-state index is 13.0. The summed E-state index contributed by atoms with van der Waals surface area (Å²) in [6.07, 6.45) is 12.0. The highest BCUT2D eigenvalue weighted by molar-refractivity contribution is 5.91. The number of carbonyl (C=O) groups excluding carboxylic acids is 4. The van der Waals surface area contributed by atoms with E-state index < -0.39 is 24.5 Å². The fourth-order valence-corrected chi connectivity index (χ4v) is 7.57. The molecule has 0 spiro atoms. The van der Waals surface area contributed by atoms with Crippen molar-refractivity contribution in [2.45, 2.75) is 142 Å². The summed E-state index contributed by atoms with van der Waals surface area (Å²) in [5, 5.41) is 25.1. The number of likely N-dealkylation sites (tertiary alicyclic amines) is 2. The Morgan fingerprint density at radius 2 is 1.60 bits per heavy atom. The summed E-state index contributed by atoms with van der Waals surface area (Å²) in [6, 6.07) is 13.9. The van der Waals surface area contributed by atoms with Crippen LogP contribution in [0.2, 0.25) is 0 Å². The average molecular weight is 839 g/mol. The van der Waals surface area contributed by atoms with Crippen LogP contribution >= 0.6 is 0 Å². The molecule has 3 fully saturated rings. The predicted molar refractivity (Wildman–Crippen MR) is 236 cm³/mol. The maximum Gasteiger partial charge on any atom is 0.322 e. The van der Waals surface area contributed by atoms with Crippen LogP contribution in [0.5, 0.6) is 5.75 Å². The number of para-hydroxylation sites is 1. The second-order valence-electron chi connectivity index (χ2n) is 16.6. The lowest BCUT2D eigenvalue weighted by molar-refractivity contribution is -0.184. The van der Waals surface area contributed by atoms with Gasteiger partial charge in [0.15, 0.2) is 0 Å². The molecule has 3 unspecified atom stereocenters. The quantitative estimate of drug-likeness (QED) is 0.124. The molecule has 2 aromatic rings. The number of anilines is 1. The molecule has 4 aliphatic rings. The van der Waals surface area contributed by atoms with Crippen molar-refractivity contribution in [3.63, 3.8) is 0 Å². The number of nitrogens with two attached hydrogens (primary N) is 1. The number of carbonyl (C=O) groups is 4. The molecule has 14 nitrogen and oxygen atoms in total. The first-order valence-corrected chi connectivity index (χ1v) is 22.2. The topological polar surface area (TPSA) is 187 Å². The Bertz CT molecular complexity index is 1530. The molecule has 4 heterocycles. The number of primary amides is 1. The molecule has 3 saturated heterocycles. The fraction of sp³-hybridized carbons (Fsp3) is 0.652. The highest BCUT2D eigenvalue weighted by atomic mass is 16.7. The molecule has 2 aromatic carbocycles. The monoisotopic (exact) mass is 839 g/mol. The van der Waals surface area contributed by atoms with Crippen LogP contribution in [-0.4, -0.2) is 126 Å². The van der Waals surface area contributed by atoms with Gasteiger partial charge in [0.05, 0.1) is 24.9 Å². The van der Waals surface area contributed by atoms with Crippen LogP contribution in [0.25, 0.3) is 0 Å². The lowest BCUT2D eigenvalue weighted by Gasteiger charge is -2.38. The van der Waals surface area contributed by atoms with Gasteiger partial charge >= 0.3 is 12.1 Å². The van der Waals surface area contributed by atoms with Crippen molar-refractivity contribution < 1.29 is 38.9 Å². The van der Waals surface area contributed by atoms with Crippen molar-refractivity contribution in [1.82, 2.24) is 20.0 Å². The lowest BCUT2D eigenvalue weighted by atomic mass is 10.00. The largest absolute Gasteiger partial charge is 0.465 e. The summed E-state index contributed by atoms with van der Waals surface area (Å²) in [7, 11) is 2.20. The molecule has 0 bridgehead atoms. The van der Waals surface area contributed by atoms with E-state index in [1.54, 1.807) is 17.0 Å². The standard InChI is InChI=1S/C30H38N4O7.C7H15N.C7H16.C2H5NO/c35-18-22(15-20-5-7-25(8-6-20)40-28-17-24(37)16-26(19-36)41-28)31-29(38)33-12-10-23(11-13-33)34-14-9-21-3-1-2-4-27(21)32-30(34)39;1-7-3-5-8(2)6-4-7;1-3-5-7-6-4-2;1-2(3)4/h1-8,18,22-24,26,28,36-37H,9-17,19H2,(H,31,38)(H,32,39);7H,3-6H2,1-2H3;3-7H2,1-2H3;1H3,(H2,3,4)/t22-,24?,26?,28?;;;/m1.../s1. The van der Waals surface area contributed by atoms with Gasteiger partial charge in [-0.05, 0) is 93.9 Å². The second-order valence-corrected chi connectivity index (χ2v) is 16.6. The number of unbranched alkanes of at least 4 members (excludes halogenated alkanes) is 4. The van der Waals surface area contributed by atoms with Crippen LogP contribution in [0.3, 0.4) is 0 Å². The number of hydrogen-bond donors (Lipinski definition) is 5. The summed E-state index contributed by atoms with van der Waals surface area (Å²) in [6.45, 7) is 12.2. The smallest absolute Gasteiger partial charge is 0.322 e.